The lowest BCUT2D eigenvalue weighted by Gasteiger charge is -2.41. The van der Waals surface area contributed by atoms with Crippen molar-refractivity contribution in [3.05, 3.63) is 29.1 Å². The summed E-state index contributed by atoms with van der Waals surface area (Å²) in [6.45, 7) is 14.6. The van der Waals surface area contributed by atoms with Crippen molar-refractivity contribution >= 4 is 29.5 Å². The van der Waals surface area contributed by atoms with Crippen LogP contribution < -0.4 is 10.2 Å². The van der Waals surface area contributed by atoms with E-state index in [4.69, 9.17) is 4.74 Å². The van der Waals surface area contributed by atoms with Crippen molar-refractivity contribution in [2.75, 3.05) is 70.3 Å². The van der Waals surface area contributed by atoms with E-state index in [1.807, 2.05) is 25.7 Å². The molecule has 3 atom stereocenters. The molecule has 5 heterocycles. The van der Waals surface area contributed by atoms with Gasteiger partial charge in [0.1, 0.15) is 11.6 Å². The number of likely N-dealkylation sites (tertiary alicyclic amines) is 2. The first kappa shape index (κ1) is 32.7. The van der Waals surface area contributed by atoms with Gasteiger partial charge < -0.3 is 24.3 Å². The highest BCUT2D eigenvalue weighted by atomic mass is 19.1. The lowest BCUT2D eigenvalue weighted by Crippen LogP contribution is -2.52. The van der Waals surface area contributed by atoms with E-state index in [1.54, 1.807) is 12.1 Å². The highest BCUT2D eigenvalue weighted by Crippen LogP contribution is 2.34. The van der Waals surface area contributed by atoms with Crippen LogP contribution in [0, 0.1) is 17.7 Å². The molecule has 0 spiro atoms. The Bertz CT molecular complexity index is 1340. The zero-order chi connectivity index (χ0) is 32.6. The van der Waals surface area contributed by atoms with Crippen molar-refractivity contribution in [2.24, 2.45) is 11.8 Å². The van der Waals surface area contributed by atoms with Gasteiger partial charge in [0.2, 0.25) is 11.8 Å². The molecule has 4 fully saturated rings. The first-order valence-electron chi connectivity index (χ1n) is 17.1. The lowest BCUT2D eigenvalue weighted by molar-refractivity contribution is -0.136. The van der Waals surface area contributed by atoms with E-state index in [9.17, 15) is 19.2 Å². The molecule has 3 unspecified atom stereocenters. The Morgan fingerprint density at radius 1 is 0.913 bits per heavy atom. The van der Waals surface area contributed by atoms with Crippen LogP contribution in [0.15, 0.2) is 12.1 Å². The van der Waals surface area contributed by atoms with Gasteiger partial charge in [-0.2, -0.15) is 0 Å². The molecule has 0 radical (unpaired) electrons. The summed E-state index contributed by atoms with van der Waals surface area (Å²) in [6, 6.07) is 2.63. The number of anilines is 1. The first-order chi connectivity index (χ1) is 21.9. The maximum Gasteiger partial charge on any atom is 0.410 e. The highest BCUT2D eigenvalue weighted by molar-refractivity contribution is 6.05. The van der Waals surface area contributed by atoms with E-state index in [2.05, 4.69) is 20.0 Å². The third-order valence-electron chi connectivity index (χ3n) is 10.1. The molecular formula is C34H49FN6O5. The van der Waals surface area contributed by atoms with Crippen LogP contribution in [-0.4, -0.2) is 121 Å². The van der Waals surface area contributed by atoms with E-state index < -0.39 is 17.6 Å². The second kappa shape index (κ2) is 13.5. The number of nitrogens with zero attached hydrogens (tertiary/aromatic N) is 5. The molecule has 5 aliphatic heterocycles. The fourth-order valence-electron chi connectivity index (χ4n) is 7.91. The van der Waals surface area contributed by atoms with Crippen LogP contribution in [0.1, 0.15) is 75.2 Å². The molecule has 0 bridgehead atoms. The topological polar surface area (TPSA) is 106 Å². The molecule has 46 heavy (non-hydrogen) atoms. The van der Waals surface area contributed by atoms with E-state index in [0.29, 0.717) is 41.7 Å². The number of hydrogen-bond donors (Lipinski definition) is 1. The summed E-state index contributed by atoms with van der Waals surface area (Å²) in [4.78, 5) is 60.1. The monoisotopic (exact) mass is 640 g/mol. The number of imide groups is 1. The molecular weight excluding hydrogens is 591 g/mol. The first-order valence-corrected chi connectivity index (χ1v) is 17.1. The standard InChI is InChI=1S/C34H49FN6O5/c1-34(2,3)46-33(45)40-13-5-7-24(21-40)20-38-12-4-6-23(19-38)18-37-14-16-39(17-15-37)27-9-8-25-26(30(27)35)22-41(32(25)44)28-10-11-29(42)36-31(28)43/h8-9,23-24,28H,4-7,10-22H2,1-3H3,(H,36,42,43). The van der Waals surface area contributed by atoms with E-state index >= 15 is 4.39 Å². The Morgan fingerprint density at radius 3 is 2.33 bits per heavy atom. The molecule has 252 valence electrons. The van der Waals surface area contributed by atoms with Gasteiger partial charge in [0, 0.05) is 76.5 Å². The number of nitrogens with one attached hydrogen (secondary N) is 1. The van der Waals surface area contributed by atoms with Gasteiger partial charge in [-0.25, -0.2) is 9.18 Å². The largest absolute Gasteiger partial charge is 0.444 e. The van der Waals surface area contributed by atoms with Gasteiger partial charge in [0.05, 0.1) is 12.2 Å². The normalized spacial score (nSPS) is 26.7. The quantitative estimate of drug-likeness (QED) is 0.474. The molecule has 4 amide bonds. The Balaban J connectivity index is 0.983. The van der Waals surface area contributed by atoms with E-state index in [-0.39, 0.29) is 43.1 Å². The average molecular weight is 641 g/mol. The van der Waals surface area contributed by atoms with Gasteiger partial charge in [-0.15, -0.1) is 0 Å². The fourth-order valence-corrected chi connectivity index (χ4v) is 7.91. The molecule has 5 aliphatic rings. The van der Waals surface area contributed by atoms with Crippen LogP contribution in [0.2, 0.25) is 0 Å². The van der Waals surface area contributed by atoms with Gasteiger partial charge in [-0.3, -0.25) is 24.6 Å². The van der Waals surface area contributed by atoms with E-state index in [1.165, 1.54) is 17.7 Å². The number of benzene rings is 1. The number of halogens is 1. The maximum absolute atomic E-state index is 15.9. The van der Waals surface area contributed by atoms with E-state index in [0.717, 1.165) is 65.2 Å². The third kappa shape index (κ3) is 7.33. The molecule has 6 rings (SSSR count). The molecule has 1 N–H and O–H groups in total. The summed E-state index contributed by atoms with van der Waals surface area (Å²) in [6.07, 6.45) is 4.78. The number of rotatable bonds is 6. The molecule has 4 saturated heterocycles. The molecule has 0 aromatic heterocycles. The van der Waals surface area contributed by atoms with Gasteiger partial charge in [0.15, 0.2) is 5.82 Å². The van der Waals surface area contributed by atoms with Gasteiger partial charge >= 0.3 is 6.09 Å². The van der Waals surface area contributed by atoms with Crippen LogP contribution in [0.3, 0.4) is 0 Å². The number of carbonyl (C=O) groups is 4. The van der Waals surface area contributed by atoms with Gasteiger partial charge in [0.25, 0.3) is 5.91 Å². The van der Waals surface area contributed by atoms with Crippen LogP contribution >= 0.6 is 0 Å². The summed E-state index contributed by atoms with van der Waals surface area (Å²) in [5.74, 6) is -0.514. The second-order valence-electron chi connectivity index (χ2n) is 14.8. The summed E-state index contributed by atoms with van der Waals surface area (Å²) in [7, 11) is 0. The molecule has 12 heteroatoms. The second-order valence-corrected chi connectivity index (χ2v) is 14.8. The van der Waals surface area contributed by atoms with Crippen LogP contribution in [0.4, 0.5) is 14.9 Å². The number of hydrogen-bond acceptors (Lipinski definition) is 8. The summed E-state index contributed by atoms with van der Waals surface area (Å²) < 4.78 is 21.5. The highest BCUT2D eigenvalue weighted by Gasteiger charge is 2.41. The number of ether oxygens (including phenoxy) is 1. The average Bonchev–Trinajstić information content (AvgIpc) is 3.34. The van der Waals surface area contributed by atoms with Gasteiger partial charge in [-0.1, -0.05) is 0 Å². The predicted octanol–water partition coefficient (Wildman–Crippen LogP) is 3.07. The summed E-state index contributed by atoms with van der Waals surface area (Å²) in [5, 5.41) is 2.30. The zero-order valence-electron chi connectivity index (χ0n) is 27.6. The Labute approximate surface area is 271 Å². The van der Waals surface area contributed by atoms with Crippen molar-refractivity contribution in [1.29, 1.82) is 0 Å². The molecule has 0 saturated carbocycles. The zero-order valence-corrected chi connectivity index (χ0v) is 27.6. The Hall–Kier alpha value is -3.25. The lowest BCUT2D eigenvalue weighted by atomic mass is 9.93. The Kier molecular flexibility index (Phi) is 9.57. The molecule has 1 aromatic rings. The number of carbonyl (C=O) groups excluding carboxylic acids is 4. The van der Waals surface area contributed by atoms with Crippen molar-refractivity contribution in [3.63, 3.8) is 0 Å². The van der Waals surface area contributed by atoms with Crippen LogP contribution in [0.25, 0.3) is 0 Å². The maximum atomic E-state index is 15.9. The number of amides is 4. The fraction of sp³-hybridized carbons (Fsp3) is 0.706. The molecule has 0 aliphatic carbocycles. The minimum absolute atomic E-state index is 0.0398. The van der Waals surface area contributed by atoms with Crippen molar-refractivity contribution in [2.45, 2.75) is 77.5 Å². The molecule has 11 nitrogen and oxygen atoms in total. The number of piperidine rings is 3. The predicted molar refractivity (Wildman–Crippen MR) is 171 cm³/mol. The van der Waals surface area contributed by atoms with Gasteiger partial charge in [-0.05, 0) is 83.4 Å². The van der Waals surface area contributed by atoms with Crippen molar-refractivity contribution in [3.8, 4) is 0 Å². The summed E-state index contributed by atoms with van der Waals surface area (Å²) >= 11 is 0. The van der Waals surface area contributed by atoms with Crippen molar-refractivity contribution in [1.82, 2.24) is 24.9 Å². The van der Waals surface area contributed by atoms with Crippen LogP contribution in [-0.2, 0) is 20.9 Å². The smallest absolute Gasteiger partial charge is 0.410 e. The molecule has 1 aromatic carbocycles. The number of fused-ring (bicyclic) bond motifs is 1. The Morgan fingerprint density at radius 2 is 1.61 bits per heavy atom. The third-order valence-corrected chi connectivity index (χ3v) is 10.1. The minimum Gasteiger partial charge on any atom is -0.444 e. The minimum atomic E-state index is -0.755. The van der Waals surface area contributed by atoms with Crippen LogP contribution in [0.5, 0.6) is 0 Å². The summed E-state index contributed by atoms with van der Waals surface area (Å²) in [5.41, 5.74) is 0.668. The van der Waals surface area contributed by atoms with Crippen molar-refractivity contribution < 1.29 is 28.3 Å². The number of piperazine rings is 1. The SMILES string of the molecule is CC(C)(C)OC(=O)N1CCCC(CN2CCCC(CN3CCN(c4ccc5c(c4F)CN(C4CCC(=O)NC4=O)C5=O)CC3)C2)C1.